The molecule has 0 spiro atoms. The summed E-state index contributed by atoms with van der Waals surface area (Å²) >= 11 is 3.22. The largest absolute Gasteiger partial charge is 0.573 e. The minimum absolute atomic E-state index is 0.148. The summed E-state index contributed by atoms with van der Waals surface area (Å²) in [5.74, 6) is -0.163. The van der Waals surface area contributed by atoms with Crippen molar-refractivity contribution in [2.24, 2.45) is 0 Å². The van der Waals surface area contributed by atoms with E-state index in [1.165, 1.54) is 35.3 Å². The van der Waals surface area contributed by atoms with Crippen molar-refractivity contribution in [2.75, 3.05) is 5.32 Å². The number of ether oxygens (including phenoxy) is 1. The van der Waals surface area contributed by atoms with Gasteiger partial charge in [-0.15, -0.1) is 13.2 Å². The van der Waals surface area contributed by atoms with Gasteiger partial charge in [-0.05, 0) is 18.2 Å². The molecule has 0 fully saturated rings. The van der Waals surface area contributed by atoms with Crippen LogP contribution in [0.2, 0.25) is 0 Å². The number of anilines is 1. The highest BCUT2D eigenvalue weighted by Gasteiger charge is 2.32. The van der Waals surface area contributed by atoms with Gasteiger partial charge >= 0.3 is 12.1 Å². The average Bonchev–Trinajstić information content (AvgIpc) is 3.29. The first-order valence-electron chi connectivity index (χ1n) is 8.49. The molecular weight excluding hydrogens is 471 g/mol. The summed E-state index contributed by atoms with van der Waals surface area (Å²) in [7, 11) is 0. The van der Waals surface area contributed by atoms with E-state index < -0.39 is 17.8 Å². The number of alkyl halides is 3. The molecule has 156 valence electrons. The standard InChI is InChI=1S/C17H13BrF3N7O2/c18-10-1-2-13(30-17(19,20)21)9(3-10)7-28-14-12(26-16(28)29)6-24-15(27-14)23-5-11-4-22-8-25-11/h1-4,6,8H,5,7H2,(H,22,25)(H,26,29)(H,23,24,27). The van der Waals surface area contributed by atoms with Gasteiger partial charge in [0, 0.05) is 16.2 Å². The van der Waals surface area contributed by atoms with Crippen molar-refractivity contribution in [1.29, 1.82) is 0 Å². The van der Waals surface area contributed by atoms with Gasteiger partial charge in [-0.2, -0.15) is 4.98 Å². The highest BCUT2D eigenvalue weighted by atomic mass is 79.9. The molecule has 0 saturated heterocycles. The van der Waals surface area contributed by atoms with Crippen LogP contribution in [0.1, 0.15) is 11.3 Å². The van der Waals surface area contributed by atoms with Crippen molar-refractivity contribution in [3.8, 4) is 5.75 Å². The first-order chi connectivity index (χ1) is 14.3. The van der Waals surface area contributed by atoms with Crippen molar-refractivity contribution < 1.29 is 17.9 Å². The lowest BCUT2D eigenvalue weighted by molar-refractivity contribution is -0.274. The van der Waals surface area contributed by atoms with E-state index in [1.54, 1.807) is 6.20 Å². The van der Waals surface area contributed by atoms with Crippen LogP contribution in [-0.4, -0.2) is 35.8 Å². The molecule has 9 nitrogen and oxygen atoms in total. The van der Waals surface area contributed by atoms with Crippen molar-refractivity contribution in [3.05, 3.63) is 63.1 Å². The summed E-state index contributed by atoms with van der Waals surface area (Å²) < 4.78 is 44.1. The van der Waals surface area contributed by atoms with Gasteiger partial charge in [-0.25, -0.2) is 14.8 Å². The Bertz CT molecular complexity index is 1230. The summed E-state index contributed by atoms with van der Waals surface area (Å²) in [5.41, 5.74) is 0.992. The number of rotatable bonds is 6. The van der Waals surface area contributed by atoms with Crippen LogP contribution in [0, 0.1) is 0 Å². The van der Waals surface area contributed by atoms with Gasteiger partial charge < -0.3 is 20.0 Å². The van der Waals surface area contributed by atoms with Crippen molar-refractivity contribution in [2.45, 2.75) is 19.5 Å². The minimum atomic E-state index is -4.86. The lowest BCUT2D eigenvalue weighted by atomic mass is 10.2. The summed E-state index contributed by atoms with van der Waals surface area (Å²) in [5, 5.41) is 2.99. The minimum Gasteiger partial charge on any atom is -0.405 e. The summed E-state index contributed by atoms with van der Waals surface area (Å²) in [6.45, 7) is 0.177. The molecule has 3 N–H and O–H groups in total. The number of imidazole rings is 2. The summed E-state index contributed by atoms with van der Waals surface area (Å²) in [6, 6.07) is 4.05. The Labute approximate surface area is 174 Å². The Morgan fingerprint density at radius 3 is 2.83 bits per heavy atom. The zero-order valence-electron chi connectivity index (χ0n) is 15.0. The van der Waals surface area contributed by atoms with Crippen LogP contribution in [0.15, 0.2) is 46.2 Å². The van der Waals surface area contributed by atoms with Crippen LogP contribution in [-0.2, 0) is 13.1 Å². The topological polar surface area (TPSA) is 114 Å². The second kappa shape index (κ2) is 7.82. The fourth-order valence-corrected chi connectivity index (χ4v) is 3.21. The van der Waals surface area contributed by atoms with Crippen molar-refractivity contribution in [3.63, 3.8) is 0 Å². The molecule has 0 saturated carbocycles. The normalized spacial score (nSPS) is 11.7. The monoisotopic (exact) mass is 483 g/mol. The van der Waals surface area contributed by atoms with Crippen molar-refractivity contribution in [1.82, 2.24) is 29.5 Å². The molecular formula is C17H13BrF3N7O2. The zero-order chi connectivity index (χ0) is 21.3. The van der Waals surface area contributed by atoms with Gasteiger partial charge in [0.25, 0.3) is 0 Å². The number of H-pyrrole nitrogens is 2. The molecule has 4 aromatic rings. The van der Waals surface area contributed by atoms with Gasteiger partial charge in [0.05, 0.1) is 31.3 Å². The number of nitrogens with zero attached hydrogens (tertiary/aromatic N) is 4. The molecule has 13 heteroatoms. The second-order valence-corrected chi connectivity index (χ2v) is 7.09. The number of hydrogen-bond acceptors (Lipinski definition) is 6. The van der Waals surface area contributed by atoms with E-state index in [1.807, 2.05) is 0 Å². The maximum atomic E-state index is 12.7. The van der Waals surface area contributed by atoms with Gasteiger partial charge in [0.15, 0.2) is 5.65 Å². The predicted octanol–water partition coefficient (Wildman–Crippen LogP) is 3.16. The SMILES string of the molecule is O=c1[nH]c2cnc(NCc3cnc[nH]3)nc2n1Cc1cc(Br)ccc1OC(F)(F)F. The average molecular weight is 484 g/mol. The van der Waals surface area contributed by atoms with E-state index in [2.05, 4.69) is 50.9 Å². The van der Waals surface area contributed by atoms with Crippen LogP contribution in [0.5, 0.6) is 5.75 Å². The third-order valence-electron chi connectivity index (χ3n) is 4.08. The Hall–Kier alpha value is -3.35. The maximum Gasteiger partial charge on any atom is 0.573 e. The molecule has 0 aliphatic carbocycles. The van der Waals surface area contributed by atoms with Gasteiger partial charge in [0.1, 0.15) is 11.3 Å². The Morgan fingerprint density at radius 2 is 2.10 bits per heavy atom. The lowest BCUT2D eigenvalue weighted by Crippen LogP contribution is -2.21. The first-order valence-corrected chi connectivity index (χ1v) is 9.28. The molecule has 0 radical (unpaired) electrons. The number of hydrogen-bond donors (Lipinski definition) is 3. The van der Waals surface area contributed by atoms with E-state index in [-0.39, 0.29) is 23.7 Å². The Kier molecular flexibility index (Phi) is 5.20. The highest BCUT2D eigenvalue weighted by Crippen LogP contribution is 2.29. The van der Waals surface area contributed by atoms with Crippen LogP contribution in [0.4, 0.5) is 19.1 Å². The quantitative estimate of drug-likeness (QED) is 0.388. The van der Waals surface area contributed by atoms with E-state index in [0.29, 0.717) is 16.5 Å². The van der Waals surface area contributed by atoms with Gasteiger partial charge in [0.2, 0.25) is 5.95 Å². The number of fused-ring (bicyclic) bond motifs is 1. The molecule has 0 aliphatic heterocycles. The number of aromatic nitrogens is 6. The van der Waals surface area contributed by atoms with Crippen LogP contribution < -0.4 is 15.7 Å². The highest BCUT2D eigenvalue weighted by molar-refractivity contribution is 9.10. The summed E-state index contributed by atoms with van der Waals surface area (Å²) in [6.07, 6.45) is -0.278. The number of aromatic amines is 2. The molecule has 30 heavy (non-hydrogen) atoms. The molecule has 4 rings (SSSR count). The van der Waals surface area contributed by atoms with E-state index in [0.717, 1.165) is 5.69 Å². The zero-order valence-corrected chi connectivity index (χ0v) is 16.6. The fourth-order valence-electron chi connectivity index (χ4n) is 2.80. The van der Waals surface area contributed by atoms with Crippen LogP contribution >= 0.6 is 15.9 Å². The van der Waals surface area contributed by atoms with E-state index in [9.17, 15) is 18.0 Å². The van der Waals surface area contributed by atoms with E-state index >= 15 is 0 Å². The van der Waals surface area contributed by atoms with E-state index in [4.69, 9.17) is 0 Å². The van der Waals surface area contributed by atoms with Crippen LogP contribution in [0.3, 0.4) is 0 Å². The molecule has 0 unspecified atom stereocenters. The third kappa shape index (κ3) is 4.45. The molecule has 0 atom stereocenters. The number of nitrogens with one attached hydrogen (secondary N) is 3. The fraction of sp³-hybridized carbons (Fsp3) is 0.176. The number of halogens is 4. The molecule has 3 heterocycles. The Balaban J connectivity index is 1.67. The molecule has 0 bridgehead atoms. The lowest BCUT2D eigenvalue weighted by Gasteiger charge is -2.14. The molecule has 0 amide bonds. The Morgan fingerprint density at radius 1 is 1.27 bits per heavy atom. The number of benzene rings is 1. The predicted molar refractivity (Wildman–Crippen MR) is 104 cm³/mol. The van der Waals surface area contributed by atoms with Crippen molar-refractivity contribution >= 4 is 33.0 Å². The third-order valence-corrected chi connectivity index (χ3v) is 4.57. The second-order valence-electron chi connectivity index (χ2n) is 6.18. The first kappa shape index (κ1) is 19.9. The molecule has 1 aromatic carbocycles. The molecule has 0 aliphatic rings. The van der Waals surface area contributed by atoms with Gasteiger partial charge in [-0.1, -0.05) is 15.9 Å². The maximum absolute atomic E-state index is 12.7. The smallest absolute Gasteiger partial charge is 0.405 e. The van der Waals surface area contributed by atoms with Crippen LogP contribution in [0.25, 0.3) is 11.2 Å². The molecule has 3 aromatic heterocycles. The van der Waals surface area contributed by atoms with Gasteiger partial charge in [-0.3, -0.25) is 4.57 Å². The summed E-state index contributed by atoms with van der Waals surface area (Å²) in [4.78, 5) is 30.3.